The van der Waals surface area contributed by atoms with Crippen LogP contribution in [0.5, 0.6) is 0 Å². The van der Waals surface area contributed by atoms with E-state index in [1.165, 1.54) is 10.9 Å². The maximum absolute atomic E-state index is 9.88. The summed E-state index contributed by atoms with van der Waals surface area (Å²) in [6.45, 7) is -0.336. The monoisotopic (exact) mass is 281 g/mol. The molecule has 8 N–H and O–H groups in total. The van der Waals surface area contributed by atoms with Gasteiger partial charge in [0, 0.05) is 0 Å². The molecule has 0 amide bonds. The largest absolute Gasteiger partial charge is 0.394 e. The van der Waals surface area contributed by atoms with Gasteiger partial charge in [0.15, 0.2) is 17.7 Å². The quantitative estimate of drug-likeness (QED) is 0.401. The van der Waals surface area contributed by atoms with E-state index in [4.69, 9.17) is 27.0 Å². The minimum atomic E-state index is -0.987. The summed E-state index contributed by atoms with van der Waals surface area (Å²) >= 11 is 0. The fourth-order valence-electron chi connectivity index (χ4n) is 2.31. The summed E-state index contributed by atoms with van der Waals surface area (Å²) in [6.07, 6.45) is -1.03. The van der Waals surface area contributed by atoms with Crippen LogP contribution >= 0.6 is 0 Å². The van der Waals surface area contributed by atoms with Crippen LogP contribution in [-0.4, -0.2) is 54.6 Å². The van der Waals surface area contributed by atoms with Crippen molar-refractivity contribution in [3.63, 3.8) is 0 Å². The van der Waals surface area contributed by atoms with Gasteiger partial charge in [-0.1, -0.05) is 0 Å². The molecular weight excluding hydrogens is 266 g/mol. The van der Waals surface area contributed by atoms with Gasteiger partial charge in [-0.3, -0.25) is 4.57 Å². The van der Waals surface area contributed by atoms with Crippen molar-refractivity contribution >= 4 is 22.9 Å². The summed E-state index contributed by atoms with van der Waals surface area (Å²) in [4.78, 5) is 12.0. The maximum Gasteiger partial charge on any atom is 0.224 e. The average Bonchev–Trinajstić information content (AvgIpc) is 2.93. The Kier molecular flexibility index (Phi) is 2.94. The van der Waals surface area contributed by atoms with Gasteiger partial charge in [0.25, 0.3) is 0 Å². The molecular formula is C10H15N7O3. The second-order valence-corrected chi connectivity index (χ2v) is 4.61. The van der Waals surface area contributed by atoms with Gasteiger partial charge in [-0.2, -0.15) is 9.97 Å². The molecule has 0 aromatic carbocycles. The van der Waals surface area contributed by atoms with Crippen LogP contribution in [0.4, 0.5) is 11.8 Å². The SMILES string of the molecule is Nc1nc(N)c2ncn([C@@H]3O[C@H](CO)[C@H](O)C3N)c2n1. The molecule has 1 unspecified atom stereocenters. The Balaban J connectivity index is 2.07. The highest BCUT2D eigenvalue weighted by Crippen LogP contribution is 2.30. The van der Waals surface area contributed by atoms with E-state index < -0.39 is 24.5 Å². The minimum Gasteiger partial charge on any atom is -0.394 e. The first kappa shape index (κ1) is 13.0. The maximum atomic E-state index is 9.88. The molecule has 0 bridgehead atoms. The Bertz CT molecular complexity index is 645. The molecule has 1 aliphatic rings. The molecule has 2 aromatic rings. The van der Waals surface area contributed by atoms with Crippen molar-refractivity contribution in [3.8, 4) is 0 Å². The van der Waals surface area contributed by atoms with E-state index in [0.29, 0.717) is 11.2 Å². The summed E-state index contributed by atoms with van der Waals surface area (Å²) in [5.74, 6) is 0.152. The van der Waals surface area contributed by atoms with E-state index in [9.17, 15) is 5.11 Å². The van der Waals surface area contributed by atoms with Crippen molar-refractivity contribution in [2.45, 2.75) is 24.5 Å². The number of aliphatic hydroxyl groups is 2. The first-order chi connectivity index (χ1) is 9.52. The van der Waals surface area contributed by atoms with Crippen LogP contribution in [-0.2, 0) is 4.74 Å². The lowest BCUT2D eigenvalue weighted by Gasteiger charge is -2.17. The minimum absolute atomic E-state index is 0.00238. The lowest BCUT2D eigenvalue weighted by molar-refractivity contribution is -0.0437. The third-order valence-electron chi connectivity index (χ3n) is 3.34. The number of nitrogens with two attached hydrogens (primary N) is 3. The predicted octanol–water partition coefficient (Wildman–Crippen LogP) is -2.43. The zero-order valence-corrected chi connectivity index (χ0v) is 10.4. The van der Waals surface area contributed by atoms with Crippen LogP contribution in [0.1, 0.15) is 6.23 Å². The van der Waals surface area contributed by atoms with E-state index in [0.717, 1.165) is 0 Å². The van der Waals surface area contributed by atoms with Crippen molar-refractivity contribution < 1.29 is 14.9 Å². The second-order valence-electron chi connectivity index (χ2n) is 4.61. The number of anilines is 2. The molecule has 20 heavy (non-hydrogen) atoms. The number of ether oxygens (including phenoxy) is 1. The van der Waals surface area contributed by atoms with Crippen molar-refractivity contribution in [2.24, 2.45) is 5.73 Å². The van der Waals surface area contributed by atoms with Crippen molar-refractivity contribution in [2.75, 3.05) is 18.1 Å². The first-order valence-corrected chi connectivity index (χ1v) is 5.98. The molecule has 3 heterocycles. The summed E-state index contributed by atoms with van der Waals surface area (Å²) in [5, 5.41) is 19.0. The number of hydrogen-bond acceptors (Lipinski definition) is 9. The summed E-state index contributed by atoms with van der Waals surface area (Å²) < 4.78 is 7.04. The number of aliphatic hydroxyl groups excluding tert-OH is 2. The molecule has 1 aliphatic heterocycles. The molecule has 10 heteroatoms. The van der Waals surface area contributed by atoms with Crippen molar-refractivity contribution in [3.05, 3.63) is 6.33 Å². The fourth-order valence-corrected chi connectivity index (χ4v) is 2.31. The number of nitrogens with zero attached hydrogens (tertiary/aromatic N) is 4. The van der Waals surface area contributed by atoms with Crippen LogP contribution in [0.3, 0.4) is 0 Å². The Labute approximate surface area is 113 Å². The van der Waals surface area contributed by atoms with Gasteiger partial charge in [-0.15, -0.1) is 0 Å². The Morgan fingerprint density at radius 2 is 2.10 bits per heavy atom. The van der Waals surface area contributed by atoms with Gasteiger partial charge in [-0.05, 0) is 0 Å². The van der Waals surface area contributed by atoms with E-state index in [1.54, 1.807) is 0 Å². The van der Waals surface area contributed by atoms with Crippen LogP contribution in [0.25, 0.3) is 11.2 Å². The average molecular weight is 281 g/mol. The lowest BCUT2D eigenvalue weighted by Crippen LogP contribution is -2.39. The van der Waals surface area contributed by atoms with E-state index in [1.807, 2.05) is 0 Å². The van der Waals surface area contributed by atoms with Gasteiger partial charge in [0.05, 0.1) is 19.0 Å². The molecule has 108 valence electrons. The van der Waals surface area contributed by atoms with Gasteiger partial charge in [-0.25, -0.2) is 4.98 Å². The van der Waals surface area contributed by atoms with E-state index in [-0.39, 0.29) is 18.4 Å². The number of nitrogen functional groups attached to an aromatic ring is 2. The number of hydrogen-bond donors (Lipinski definition) is 5. The van der Waals surface area contributed by atoms with Gasteiger partial charge in [0.1, 0.15) is 17.7 Å². The lowest BCUT2D eigenvalue weighted by atomic mass is 10.1. The Hall–Kier alpha value is -2.01. The Morgan fingerprint density at radius 3 is 2.75 bits per heavy atom. The topological polar surface area (TPSA) is 171 Å². The Morgan fingerprint density at radius 1 is 1.35 bits per heavy atom. The number of imidazole rings is 1. The van der Waals surface area contributed by atoms with Crippen molar-refractivity contribution in [1.29, 1.82) is 0 Å². The first-order valence-electron chi connectivity index (χ1n) is 5.98. The summed E-state index contributed by atoms with van der Waals surface area (Å²) in [7, 11) is 0. The van der Waals surface area contributed by atoms with Gasteiger partial charge < -0.3 is 32.2 Å². The molecule has 0 aliphatic carbocycles. The normalized spacial score (nSPS) is 30.1. The summed E-state index contributed by atoms with van der Waals surface area (Å²) in [6, 6.07) is -0.734. The molecule has 0 spiro atoms. The van der Waals surface area contributed by atoms with Gasteiger partial charge >= 0.3 is 0 Å². The smallest absolute Gasteiger partial charge is 0.224 e. The van der Waals surface area contributed by atoms with E-state index >= 15 is 0 Å². The van der Waals surface area contributed by atoms with Crippen LogP contribution in [0.2, 0.25) is 0 Å². The highest BCUT2D eigenvalue weighted by Gasteiger charge is 2.42. The van der Waals surface area contributed by atoms with Gasteiger partial charge in [0.2, 0.25) is 5.95 Å². The second kappa shape index (κ2) is 4.52. The summed E-state index contributed by atoms with van der Waals surface area (Å²) in [5.41, 5.74) is 17.9. The molecule has 1 fully saturated rings. The van der Waals surface area contributed by atoms with Crippen LogP contribution in [0, 0.1) is 0 Å². The number of rotatable bonds is 2. The fraction of sp³-hybridized carbons (Fsp3) is 0.500. The van der Waals surface area contributed by atoms with Crippen LogP contribution < -0.4 is 17.2 Å². The molecule has 3 rings (SSSR count). The standard InChI is InChI=1S/C10H15N7O3/c11-4-6(19)3(1-18)20-9(4)17-2-14-5-7(12)15-10(13)16-8(5)17/h2-4,6,9,18-19H,1,11H2,(H4,12,13,15,16)/t3-,4?,6+,9-/m1/s1. The van der Waals surface area contributed by atoms with Crippen LogP contribution in [0.15, 0.2) is 6.33 Å². The predicted molar refractivity (Wildman–Crippen MR) is 69.1 cm³/mol. The third-order valence-corrected chi connectivity index (χ3v) is 3.34. The van der Waals surface area contributed by atoms with E-state index in [2.05, 4.69) is 15.0 Å². The number of fused-ring (bicyclic) bond motifs is 1. The molecule has 10 nitrogen and oxygen atoms in total. The molecule has 0 radical (unpaired) electrons. The molecule has 4 atom stereocenters. The zero-order chi connectivity index (χ0) is 14.4. The number of aromatic nitrogens is 4. The highest BCUT2D eigenvalue weighted by molar-refractivity contribution is 5.82. The third kappa shape index (κ3) is 1.78. The molecule has 2 aromatic heterocycles. The zero-order valence-electron chi connectivity index (χ0n) is 10.4. The molecule has 1 saturated heterocycles. The molecule has 0 saturated carbocycles. The van der Waals surface area contributed by atoms with Crippen molar-refractivity contribution in [1.82, 2.24) is 19.5 Å². The highest BCUT2D eigenvalue weighted by atomic mass is 16.5.